The predicted molar refractivity (Wildman–Crippen MR) is 151 cm³/mol. The van der Waals surface area contributed by atoms with Gasteiger partial charge in [-0.05, 0) is 30.7 Å². The number of aliphatic imine (C=N–C) groups is 1. The van der Waals surface area contributed by atoms with Crippen molar-refractivity contribution >= 4 is 17.8 Å². The van der Waals surface area contributed by atoms with Crippen LogP contribution in [0.3, 0.4) is 0 Å². The molecule has 1 atom stereocenters. The molecule has 0 unspecified atom stereocenters. The molecule has 38 heavy (non-hydrogen) atoms. The molecule has 210 valence electrons. The summed E-state index contributed by atoms with van der Waals surface area (Å²) in [5.41, 5.74) is 0.665. The Morgan fingerprint density at radius 3 is 1.71 bits per heavy atom. The quantitative estimate of drug-likeness (QED) is 0.0895. The van der Waals surface area contributed by atoms with Gasteiger partial charge in [0.1, 0.15) is 0 Å². The fourth-order valence-electron chi connectivity index (χ4n) is 4.50. The molecule has 1 amide bonds. The van der Waals surface area contributed by atoms with Gasteiger partial charge in [-0.15, -0.1) is 0 Å². The van der Waals surface area contributed by atoms with E-state index >= 15 is 0 Å². The fraction of sp³-hybridized carbons (Fsp3) is 0.710. The van der Waals surface area contributed by atoms with E-state index in [4.69, 9.17) is 5.11 Å². The molecule has 0 saturated carbocycles. The molecule has 1 rings (SSSR count). The first-order valence-electron chi connectivity index (χ1n) is 14.8. The fourth-order valence-corrected chi connectivity index (χ4v) is 4.50. The monoisotopic (exact) mass is 538 g/mol. The second kappa shape index (κ2) is 25.9. The summed E-state index contributed by atoms with van der Waals surface area (Å²) in [6, 6.07) is 8.16. The van der Waals surface area contributed by atoms with Crippen molar-refractivity contribution in [1.29, 1.82) is 0 Å². The van der Waals surface area contributed by atoms with E-state index in [0.717, 1.165) is 19.3 Å². The summed E-state index contributed by atoms with van der Waals surface area (Å²) in [5, 5.41) is 23.9. The Bertz CT molecular complexity index is 743. The first-order valence-corrected chi connectivity index (χ1v) is 14.8. The number of hydrogen-bond donors (Lipinski definition) is 2. The van der Waals surface area contributed by atoms with E-state index in [9.17, 15) is 14.7 Å². The van der Waals surface area contributed by atoms with Crippen molar-refractivity contribution in [3.8, 4) is 0 Å². The average Bonchev–Trinajstić information content (AvgIpc) is 2.89. The summed E-state index contributed by atoms with van der Waals surface area (Å²) in [7, 11) is 0. The minimum absolute atomic E-state index is 0. The van der Waals surface area contributed by atoms with Crippen LogP contribution in [-0.4, -0.2) is 29.4 Å². The molecule has 0 saturated heterocycles. The Morgan fingerprint density at radius 2 is 1.24 bits per heavy atom. The summed E-state index contributed by atoms with van der Waals surface area (Å²) in [6.07, 6.45) is 21.2. The Morgan fingerprint density at radius 1 is 0.763 bits per heavy atom. The Hall–Kier alpha value is -1.37. The summed E-state index contributed by atoms with van der Waals surface area (Å²) >= 11 is 0. The normalized spacial score (nSPS) is 12.1. The van der Waals surface area contributed by atoms with E-state index in [-0.39, 0.29) is 54.3 Å². The third kappa shape index (κ3) is 20.6. The Labute approximate surface area is 253 Å². The number of benzene rings is 1. The van der Waals surface area contributed by atoms with Crippen LogP contribution in [-0.2, 0) is 9.59 Å². The van der Waals surface area contributed by atoms with Crippen molar-refractivity contribution < 1.29 is 49.4 Å². The molecule has 6 nitrogen and oxygen atoms in total. The molecule has 0 heterocycles. The number of nitrogens with one attached hydrogen (secondary N) is 1. The molecule has 0 fully saturated rings. The van der Waals surface area contributed by atoms with Crippen molar-refractivity contribution in [2.75, 3.05) is 6.54 Å². The number of carbonyl (C=O) groups excluding carboxylic acids is 1. The van der Waals surface area contributed by atoms with Crippen molar-refractivity contribution in [2.45, 2.75) is 135 Å². The Balaban J connectivity index is 0.0000137. The zero-order chi connectivity index (χ0) is 27.0. The third-order valence-corrected chi connectivity index (χ3v) is 6.75. The van der Waals surface area contributed by atoms with Gasteiger partial charge in [-0.25, -0.2) is 0 Å². The van der Waals surface area contributed by atoms with Gasteiger partial charge in [0.25, 0.3) is 0 Å². The molecule has 1 aromatic rings. The molecule has 0 aliphatic rings. The molecule has 0 aliphatic carbocycles. The zero-order valence-corrected chi connectivity index (χ0v) is 26.2. The molecule has 0 spiro atoms. The summed E-state index contributed by atoms with van der Waals surface area (Å²) in [4.78, 5) is 27.5. The largest absolute Gasteiger partial charge is 1.00 e. The van der Waals surface area contributed by atoms with Crippen LogP contribution in [0.25, 0.3) is 0 Å². The van der Waals surface area contributed by atoms with Crippen molar-refractivity contribution in [3.63, 3.8) is 0 Å². The van der Waals surface area contributed by atoms with Gasteiger partial charge < -0.3 is 15.5 Å². The molecule has 7 heteroatoms. The number of rotatable bonds is 24. The van der Waals surface area contributed by atoms with Crippen molar-refractivity contribution in [2.24, 2.45) is 4.99 Å². The van der Waals surface area contributed by atoms with Crippen LogP contribution >= 0.6 is 0 Å². The van der Waals surface area contributed by atoms with E-state index in [1.165, 1.54) is 83.5 Å². The number of aliphatic carboxylic acids is 1. The van der Waals surface area contributed by atoms with Gasteiger partial charge in [-0.3, -0.25) is 14.6 Å². The van der Waals surface area contributed by atoms with E-state index < -0.39 is 12.0 Å². The second-order valence-corrected chi connectivity index (χ2v) is 10.2. The maximum Gasteiger partial charge on any atom is 1.00 e. The smallest absolute Gasteiger partial charge is 0.862 e. The molecule has 0 bridgehead atoms. The molecule has 0 radical (unpaired) electrons. The Kier molecular flexibility index (Phi) is 25.0. The SMILES string of the molecule is CCCCCCCCCCCCCCCCCCC([O-])=N[C@@H](C(=O)NCCCC(=O)O)c1ccccc1.[Na+]. The first-order chi connectivity index (χ1) is 18.0. The van der Waals surface area contributed by atoms with Gasteiger partial charge >= 0.3 is 35.5 Å². The van der Waals surface area contributed by atoms with Gasteiger partial charge in [0.15, 0.2) is 6.04 Å². The number of amides is 1. The van der Waals surface area contributed by atoms with Crippen LogP contribution in [0.1, 0.15) is 141 Å². The number of carbonyl (C=O) groups is 2. The van der Waals surface area contributed by atoms with Gasteiger partial charge in [0, 0.05) is 13.0 Å². The van der Waals surface area contributed by atoms with E-state index in [1.807, 2.05) is 18.2 Å². The van der Waals surface area contributed by atoms with Crippen molar-refractivity contribution in [1.82, 2.24) is 5.32 Å². The zero-order valence-electron chi connectivity index (χ0n) is 24.2. The minimum Gasteiger partial charge on any atom is -0.862 e. The molecule has 2 N–H and O–H groups in total. The minimum atomic E-state index is -0.896. The van der Waals surface area contributed by atoms with Gasteiger partial charge in [-0.2, -0.15) is 0 Å². The van der Waals surface area contributed by atoms with Crippen molar-refractivity contribution in [3.05, 3.63) is 35.9 Å². The average molecular weight is 539 g/mol. The van der Waals surface area contributed by atoms with E-state index in [0.29, 0.717) is 18.4 Å². The molecular weight excluding hydrogens is 487 g/mol. The maximum absolute atomic E-state index is 12.6. The number of carboxylic acid groups (broad SMARTS) is 1. The molecular formula is C31H51N2NaO4. The van der Waals surface area contributed by atoms with Gasteiger partial charge in [-0.1, -0.05) is 134 Å². The van der Waals surface area contributed by atoms with Crippen LogP contribution in [0.15, 0.2) is 35.3 Å². The van der Waals surface area contributed by atoms with Gasteiger partial charge in [0.05, 0.1) is 0 Å². The van der Waals surface area contributed by atoms with Crippen LogP contribution in [0, 0.1) is 0 Å². The first kappa shape index (κ1) is 36.6. The number of unbranched alkanes of at least 4 members (excludes halogenated alkanes) is 15. The number of carboxylic acids is 1. The standard InChI is InChI=1S/C31H52N2O4.Na/c1-2-3-4-5-6-7-8-9-10-11-12-13-14-15-16-20-24-28(34)33-30(27-22-18-17-19-23-27)31(37)32-26-21-25-29(35)36;/h17-19,22-23,30H,2-16,20-21,24-26H2,1H3,(H,32,37)(H,33,34)(H,35,36);/q;+1/p-1/t30-;/m1./s1. The summed E-state index contributed by atoms with van der Waals surface area (Å²) in [5.74, 6) is -1.51. The topological polar surface area (TPSA) is 102 Å². The maximum atomic E-state index is 12.6. The van der Waals surface area contributed by atoms with Crippen LogP contribution in [0.5, 0.6) is 0 Å². The van der Waals surface area contributed by atoms with Crippen LogP contribution in [0.4, 0.5) is 0 Å². The summed E-state index contributed by atoms with van der Waals surface area (Å²) < 4.78 is 0. The summed E-state index contributed by atoms with van der Waals surface area (Å²) in [6.45, 7) is 2.51. The van der Waals surface area contributed by atoms with Crippen LogP contribution < -0.4 is 40.0 Å². The second-order valence-electron chi connectivity index (χ2n) is 10.2. The van der Waals surface area contributed by atoms with E-state index in [2.05, 4.69) is 17.2 Å². The molecule has 0 aromatic heterocycles. The predicted octanol–water partition coefficient (Wildman–Crippen LogP) is 4.12. The third-order valence-electron chi connectivity index (χ3n) is 6.75. The molecule has 0 aliphatic heterocycles. The molecule has 1 aromatic carbocycles. The van der Waals surface area contributed by atoms with Crippen LogP contribution in [0.2, 0.25) is 0 Å². The number of nitrogens with zero attached hydrogens (tertiary/aromatic N) is 1. The van der Waals surface area contributed by atoms with E-state index in [1.54, 1.807) is 12.1 Å². The number of hydrogen-bond acceptors (Lipinski definition) is 4. The van der Waals surface area contributed by atoms with Gasteiger partial charge in [0.2, 0.25) is 5.91 Å².